The third-order valence-corrected chi connectivity index (χ3v) is 4.03. The van der Waals surface area contributed by atoms with Crippen LogP contribution in [-0.4, -0.2) is 54.1 Å². The van der Waals surface area contributed by atoms with Crippen LogP contribution in [0.2, 0.25) is 0 Å². The Hall–Kier alpha value is -1.33. The van der Waals surface area contributed by atoms with E-state index in [1.807, 2.05) is 0 Å². The quantitative estimate of drug-likeness (QED) is 0.424. The first kappa shape index (κ1) is 18.0. The molecule has 0 radical (unpaired) electrons. The van der Waals surface area contributed by atoms with Crippen LogP contribution in [0.5, 0.6) is 0 Å². The number of hydrogen-bond donors (Lipinski definition) is 4. The van der Waals surface area contributed by atoms with Gasteiger partial charge in [-0.05, 0) is 0 Å². The van der Waals surface area contributed by atoms with Crippen molar-refractivity contribution >= 4 is 7.82 Å². The first-order valence-electron chi connectivity index (χ1n) is 6.51. The molecule has 11 nitrogen and oxygen atoms in total. The number of hydrogen-bond acceptors (Lipinski definition) is 7. The summed E-state index contributed by atoms with van der Waals surface area (Å²) in [6.07, 6.45) is -4.37. The minimum Gasteiger partial charge on any atom is -0.387 e. The van der Waals surface area contributed by atoms with Gasteiger partial charge in [0.2, 0.25) is 0 Å². The van der Waals surface area contributed by atoms with Crippen molar-refractivity contribution in [1.29, 1.82) is 0 Å². The van der Waals surface area contributed by atoms with Crippen molar-refractivity contribution in [2.24, 2.45) is 14.1 Å². The molecule has 12 heteroatoms. The van der Waals surface area contributed by atoms with Crippen LogP contribution in [0.1, 0.15) is 11.7 Å². The number of phosphoric acid groups is 1. The summed E-state index contributed by atoms with van der Waals surface area (Å²) in [4.78, 5) is 41.1. The van der Waals surface area contributed by atoms with Gasteiger partial charge in [-0.2, -0.15) is 0 Å². The van der Waals surface area contributed by atoms with Crippen LogP contribution < -0.4 is 11.2 Å². The topological polar surface area (TPSA) is 160 Å². The summed E-state index contributed by atoms with van der Waals surface area (Å²) in [6.45, 7) is -0.676. The number of ether oxygens (including phenoxy) is 1. The van der Waals surface area contributed by atoms with E-state index in [2.05, 4.69) is 4.52 Å². The summed E-state index contributed by atoms with van der Waals surface area (Å²) >= 11 is 0. The maximum absolute atomic E-state index is 12.1. The summed E-state index contributed by atoms with van der Waals surface area (Å²) in [6, 6.07) is 0. The Kier molecular flexibility index (Phi) is 4.92. The molecule has 0 saturated carbocycles. The Morgan fingerprint density at radius 3 is 2.43 bits per heavy atom. The first-order valence-corrected chi connectivity index (χ1v) is 8.04. The van der Waals surface area contributed by atoms with Crippen molar-refractivity contribution in [3.8, 4) is 0 Å². The monoisotopic (exact) mass is 352 g/mol. The number of nitrogens with zero attached hydrogens (tertiary/aromatic N) is 2. The van der Waals surface area contributed by atoms with E-state index in [4.69, 9.17) is 14.5 Å². The van der Waals surface area contributed by atoms with Crippen molar-refractivity contribution in [2.45, 2.75) is 24.4 Å². The highest BCUT2D eigenvalue weighted by molar-refractivity contribution is 7.46. The Morgan fingerprint density at radius 2 is 1.87 bits per heavy atom. The van der Waals surface area contributed by atoms with Crippen molar-refractivity contribution < 1.29 is 33.8 Å². The second-order valence-electron chi connectivity index (χ2n) is 5.20. The van der Waals surface area contributed by atoms with E-state index in [-0.39, 0.29) is 5.56 Å². The SMILES string of the molecule is Cn1cc([C@@H]2O[C@H](COP(=O)(O)O)[C@@H](O)[C@H]2O)c(=O)n(C)c1=O. The minimum atomic E-state index is -4.77. The van der Waals surface area contributed by atoms with Crippen LogP contribution in [0.4, 0.5) is 0 Å². The molecule has 2 rings (SSSR count). The molecule has 1 aliphatic heterocycles. The highest BCUT2D eigenvalue weighted by Crippen LogP contribution is 2.38. The van der Waals surface area contributed by atoms with Crippen molar-refractivity contribution in [3.05, 3.63) is 32.6 Å². The molecule has 1 saturated heterocycles. The number of rotatable bonds is 4. The molecule has 1 aromatic rings. The van der Waals surface area contributed by atoms with Gasteiger partial charge in [0, 0.05) is 20.3 Å². The summed E-state index contributed by atoms with van der Waals surface area (Å²) < 4.78 is 22.2. The lowest BCUT2D eigenvalue weighted by molar-refractivity contribution is -0.0230. The van der Waals surface area contributed by atoms with Gasteiger partial charge in [0.15, 0.2) is 0 Å². The van der Waals surface area contributed by atoms with Gasteiger partial charge in [-0.1, -0.05) is 0 Å². The molecule has 0 amide bonds. The normalized spacial score (nSPS) is 28.3. The molecule has 1 aliphatic rings. The van der Waals surface area contributed by atoms with Crippen LogP contribution in [0.15, 0.2) is 15.8 Å². The fourth-order valence-electron chi connectivity index (χ4n) is 2.35. The molecule has 0 unspecified atom stereocenters. The lowest BCUT2D eigenvalue weighted by atomic mass is 10.0. The third kappa shape index (κ3) is 3.61. The molecule has 23 heavy (non-hydrogen) atoms. The fraction of sp³-hybridized carbons (Fsp3) is 0.636. The van der Waals surface area contributed by atoms with E-state index in [0.717, 1.165) is 9.13 Å². The molecule has 2 heterocycles. The van der Waals surface area contributed by atoms with Crippen LogP contribution in [0, 0.1) is 0 Å². The number of phosphoric ester groups is 1. The Morgan fingerprint density at radius 1 is 1.26 bits per heavy atom. The molecule has 0 bridgehead atoms. The van der Waals surface area contributed by atoms with E-state index in [0.29, 0.717) is 0 Å². The van der Waals surface area contributed by atoms with Crippen LogP contribution in [0.3, 0.4) is 0 Å². The Balaban J connectivity index is 2.30. The van der Waals surface area contributed by atoms with Gasteiger partial charge < -0.3 is 29.3 Å². The van der Waals surface area contributed by atoms with Crippen molar-refractivity contribution in [2.75, 3.05) is 6.61 Å². The molecule has 1 aromatic heterocycles. The smallest absolute Gasteiger partial charge is 0.387 e. The van der Waals surface area contributed by atoms with Crippen molar-refractivity contribution in [3.63, 3.8) is 0 Å². The standard InChI is InChI=1S/C11H17N2O9P/c1-12-3-5(10(16)13(2)11(12)17)9-8(15)7(14)6(22-9)4-21-23(18,19)20/h3,6-9,14-15H,4H2,1-2H3,(H2,18,19,20)/t6-,7-,8-,9+/m1/s1. The molecule has 4 atom stereocenters. The first-order chi connectivity index (χ1) is 10.5. The van der Waals surface area contributed by atoms with Crippen LogP contribution >= 0.6 is 7.82 Å². The third-order valence-electron chi connectivity index (χ3n) is 3.55. The van der Waals surface area contributed by atoms with E-state index in [1.165, 1.54) is 20.3 Å². The van der Waals surface area contributed by atoms with E-state index < -0.39 is 50.1 Å². The van der Waals surface area contributed by atoms with Gasteiger partial charge in [-0.3, -0.25) is 13.9 Å². The summed E-state index contributed by atoms with van der Waals surface area (Å²) in [7, 11) is -2.12. The highest BCUT2D eigenvalue weighted by Gasteiger charge is 2.45. The zero-order valence-corrected chi connectivity index (χ0v) is 13.2. The van der Waals surface area contributed by atoms with E-state index in [1.54, 1.807) is 0 Å². The zero-order valence-electron chi connectivity index (χ0n) is 12.3. The van der Waals surface area contributed by atoms with E-state index in [9.17, 15) is 24.4 Å². The van der Waals surface area contributed by atoms with Crippen LogP contribution in [0.25, 0.3) is 0 Å². The molecule has 0 aliphatic carbocycles. The summed E-state index contributed by atoms with van der Waals surface area (Å²) in [5.74, 6) is 0. The minimum absolute atomic E-state index is 0.0696. The maximum Gasteiger partial charge on any atom is 0.469 e. The van der Waals surface area contributed by atoms with Gasteiger partial charge >= 0.3 is 13.5 Å². The molecular formula is C11H17N2O9P. The number of aryl methyl sites for hydroxylation is 1. The van der Waals surface area contributed by atoms with Gasteiger partial charge in [-0.25, -0.2) is 9.36 Å². The second kappa shape index (κ2) is 6.29. The number of aliphatic hydroxyl groups is 2. The van der Waals surface area contributed by atoms with Crippen molar-refractivity contribution in [1.82, 2.24) is 9.13 Å². The second-order valence-corrected chi connectivity index (χ2v) is 6.44. The van der Waals surface area contributed by atoms with Crippen LogP contribution in [-0.2, 0) is 27.9 Å². The average Bonchev–Trinajstić information content (AvgIpc) is 2.74. The van der Waals surface area contributed by atoms with Gasteiger partial charge in [0.1, 0.15) is 24.4 Å². The molecule has 4 N–H and O–H groups in total. The fourth-order valence-corrected chi connectivity index (χ4v) is 2.69. The molecule has 1 fully saturated rings. The van der Waals surface area contributed by atoms with Gasteiger partial charge in [-0.15, -0.1) is 0 Å². The Labute approximate surface area is 129 Å². The lowest BCUT2D eigenvalue weighted by Gasteiger charge is -2.16. The largest absolute Gasteiger partial charge is 0.469 e. The lowest BCUT2D eigenvalue weighted by Crippen LogP contribution is -2.40. The number of aromatic nitrogens is 2. The summed E-state index contributed by atoms with van der Waals surface area (Å²) in [5.41, 5.74) is -1.35. The molecule has 0 spiro atoms. The number of aliphatic hydroxyl groups excluding tert-OH is 2. The predicted molar refractivity (Wildman–Crippen MR) is 74.5 cm³/mol. The van der Waals surface area contributed by atoms with Gasteiger partial charge in [0.25, 0.3) is 5.56 Å². The van der Waals surface area contributed by atoms with E-state index >= 15 is 0 Å². The Bertz CT molecular complexity index is 751. The van der Waals surface area contributed by atoms with Gasteiger partial charge in [0.05, 0.1) is 12.2 Å². The summed E-state index contributed by atoms with van der Waals surface area (Å²) in [5, 5.41) is 19.9. The zero-order chi connectivity index (χ0) is 17.5. The molecule has 130 valence electrons. The molecule has 0 aromatic carbocycles. The maximum atomic E-state index is 12.1. The highest BCUT2D eigenvalue weighted by atomic mass is 31.2. The predicted octanol–water partition coefficient (Wildman–Crippen LogP) is -2.64. The molecular weight excluding hydrogens is 335 g/mol. The average molecular weight is 352 g/mol.